The standard InChI is InChI=1S/C28H30F3N5O2/c1-26(7-8-26)32-14-17-9-21-22(23(10-17)28(29,30)31)15-36(24(21)37)19-6-4-5-18(11-19)27(12-20(13-27)38-3)25-34-33-16-35(25)2/h4-6,9-11,16,20,32H,7-8,12-15H2,1-3H3/t20-,27-. The molecular formula is C28H30F3N5O2. The number of nitrogens with zero attached hydrogens (tertiary/aromatic N) is 4. The van der Waals surface area contributed by atoms with Crippen molar-refractivity contribution in [1.82, 2.24) is 20.1 Å². The fraction of sp³-hybridized carbons (Fsp3) is 0.464. The van der Waals surface area contributed by atoms with Crippen LogP contribution in [0.1, 0.15) is 71.0 Å². The number of benzene rings is 2. The van der Waals surface area contributed by atoms with E-state index in [1.807, 2.05) is 29.8 Å². The summed E-state index contributed by atoms with van der Waals surface area (Å²) in [5.74, 6) is 0.373. The van der Waals surface area contributed by atoms with E-state index < -0.39 is 23.1 Å². The van der Waals surface area contributed by atoms with Gasteiger partial charge >= 0.3 is 6.18 Å². The molecule has 0 bridgehead atoms. The first-order chi connectivity index (χ1) is 18.0. The van der Waals surface area contributed by atoms with Gasteiger partial charge in [0.1, 0.15) is 12.2 Å². The van der Waals surface area contributed by atoms with Gasteiger partial charge in [-0.3, -0.25) is 4.79 Å². The first kappa shape index (κ1) is 25.1. The van der Waals surface area contributed by atoms with Crippen molar-refractivity contribution in [1.29, 1.82) is 0 Å². The molecule has 200 valence electrons. The number of aryl methyl sites for hydroxylation is 1. The van der Waals surface area contributed by atoms with Gasteiger partial charge in [0.25, 0.3) is 5.91 Å². The Kier molecular flexibility index (Phi) is 5.70. The van der Waals surface area contributed by atoms with Crippen molar-refractivity contribution in [3.8, 4) is 0 Å². The molecule has 2 aliphatic carbocycles. The number of amides is 1. The highest BCUT2D eigenvalue weighted by molar-refractivity contribution is 6.10. The van der Waals surface area contributed by atoms with Crippen molar-refractivity contribution < 1.29 is 22.7 Å². The molecule has 3 aromatic rings. The Labute approximate surface area is 219 Å². The van der Waals surface area contributed by atoms with E-state index in [2.05, 4.69) is 22.4 Å². The summed E-state index contributed by atoms with van der Waals surface area (Å²) in [4.78, 5) is 15.0. The van der Waals surface area contributed by atoms with Crippen molar-refractivity contribution in [3.63, 3.8) is 0 Å². The molecule has 6 rings (SSSR count). The zero-order valence-electron chi connectivity index (χ0n) is 21.6. The molecule has 7 nitrogen and oxygen atoms in total. The lowest BCUT2D eigenvalue weighted by atomic mass is 9.62. The molecule has 2 heterocycles. The van der Waals surface area contributed by atoms with E-state index in [9.17, 15) is 18.0 Å². The third-order valence-corrected chi connectivity index (χ3v) is 8.46. The minimum atomic E-state index is -4.56. The van der Waals surface area contributed by atoms with Crippen LogP contribution in [0.2, 0.25) is 0 Å². The molecule has 1 amide bonds. The van der Waals surface area contributed by atoms with Gasteiger partial charge in [-0.1, -0.05) is 12.1 Å². The maximum atomic E-state index is 14.1. The average Bonchev–Trinajstić information content (AvgIpc) is 3.29. The third-order valence-electron chi connectivity index (χ3n) is 8.46. The van der Waals surface area contributed by atoms with Crippen LogP contribution in [0.5, 0.6) is 0 Å². The number of methoxy groups -OCH3 is 1. The van der Waals surface area contributed by atoms with Gasteiger partial charge in [0, 0.05) is 37.5 Å². The Morgan fingerprint density at radius 2 is 1.95 bits per heavy atom. The molecule has 0 unspecified atom stereocenters. The number of ether oxygens (including phenoxy) is 1. The summed E-state index contributed by atoms with van der Waals surface area (Å²) in [6.07, 6.45) is 0.533. The molecule has 0 atom stereocenters. The van der Waals surface area contributed by atoms with E-state index in [-0.39, 0.29) is 35.9 Å². The lowest BCUT2D eigenvalue weighted by Crippen LogP contribution is -2.48. The topological polar surface area (TPSA) is 72.3 Å². The van der Waals surface area contributed by atoms with Gasteiger partial charge < -0.3 is 19.5 Å². The van der Waals surface area contributed by atoms with Crippen LogP contribution in [0.25, 0.3) is 0 Å². The highest BCUT2D eigenvalue weighted by Crippen LogP contribution is 2.50. The lowest BCUT2D eigenvalue weighted by molar-refractivity contribution is -0.138. The normalized spacial score (nSPS) is 23.9. The maximum absolute atomic E-state index is 14.1. The summed E-state index contributed by atoms with van der Waals surface area (Å²) in [6, 6.07) is 10.3. The molecule has 1 aliphatic heterocycles. The summed E-state index contributed by atoms with van der Waals surface area (Å²) in [7, 11) is 3.56. The number of aromatic nitrogens is 3. The number of nitrogens with one attached hydrogen (secondary N) is 1. The minimum absolute atomic E-state index is 0.0281. The number of hydrogen-bond acceptors (Lipinski definition) is 5. The van der Waals surface area contributed by atoms with Gasteiger partial charge in [0.2, 0.25) is 0 Å². The van der Waals surface area contributed by atoms with Gasteiger partial charge in [-0.2, -0.15) is 13.2 Å². The lowest BCUT2D eigenvalue weighted by Gasteiger charge is -2.46. The smallest absolute Gasteiger partial charge is 0.381 e. The summed E-state index contributed by atoms with van der Waals surface area (Å²) in [5.41, 5.74) is 0.884. The quantitative estimate of drug-likeness (QED) is 0.483. The van der Waals surface area contributed by atoms with Crippen LogP contribution in [0, 0.1) is 0 Å². The fourth-order valence-electron chi connectivity index (χ4n) is 5.83. The molecule has 2 saturated carbocycles. The number of anilines is 1. The zero-order chi connectivity index (χ0) is 26.9. The van der Waals surface area contributed by atoms with E-state index in [0.29, 0.717) is 24.1 Å². The number of alkyl halides is 3. The van der Waals surface area contributed by atoms with Gasteiger partial charge in [-0.05, 0) is 73.6 Å². The summed E-state index contributed by atoms with van der Waals surface area (Å²) in [5, 5.41) is 11.7. The van der Waals surface area contributed by atoms with Crippen molar-refractivity contribution in [2.45, 2.75) is 68.9 Å². The van der Waals surface area contributed by atoms with Crippen LogP contribution in [-0.4, -0.2) is 39.4 Å². The highest BCUT2D eigenvalue weighted by atomic mass is 19.4. The van der Waals surface area contributed by atoms with Crippen LogP contribution >= 0.6 is 0 Å². The third kappa shape index (κ3) is 4.10. The minimum Gasteiger partial charge on any atom is -0.381 e. The Hall–Kier alpha value is -3.24. The Balaban J connectivity index is 1.35. The van der Waals surface area contributed by atoms with E-state index in [1.165, 1.54) is 11.0 Å². The maximum Gasteiger partial charge on any atom is 0.416 e. The molecule has 0 spiro atoms. The SMILES string of the molecule is CO[C@H]1C[C@](c2cccc(N3Cc4c(cc(CNC5(C)CC5)cc4C(F)(F)F)C3=O)c2)(c2nncn2C)C1. The second-order valence-corrected chi connectivity index (χ2v) is 11.1. The van der Waals surface area contributed by atoms with Crippen molar-refractivity contribution in [3.05, 3.63) is 76.4 Å². The van der Waals surface area contributed by atoms with Crippen LogP contribution in [-0.2, 0) is 36.5 Å². The average molecular weight is 526 g/mol. The van der Waals surface area contributed by atoms with E-state index in [4.69, 9.17) is 4.74 Å². The van der Waals surface area contributed by atoms with Crippen molar-refractivity contribution in [2.75, 3.05) is 12.0 Å². The predicted molar refractivity (Wildman–Crippen MR) is 135 cm³/mol. The second-order valence-electron chi connectivity index (χ2n) is 11.1. The van der Waals surface area contributed by atoms with Crippen LogP contribution in [0.3, 0.4) is 0 Å². The first-order valence-corrected chi connectivity index (χ1v) is 12.8. The number of halogens is 3. The molecule has 10 heteroatoms. The van der Waals surface area contributed by atoms with Gasteiger partial charge in [-0.15, -0.1) is 10.2 Å². The van der Waals surface area contributed by atoms with Crippen LogP contribution in [0.15, 0.2) is 42.7 Å². The zero-order valence-corrected chi connectivity index (χ0v) is 21.6. The van der Waals surface area contributed by atoms with E-state index in [0.717, 1.165) is 24.2 Å². The van der Waals surface area contributed by atoms with E-state index >= 15 is 0 Å². The number of carbonyl (C=O) groups excluding carboxylic acids is 1. The molecule has 3 aliphatic rings. The first-order valence-electron chi connectivity index (χ1n) is 12.8. The predicted octanol–water partition coefficient (Wildman–Crippen LogP) is 4.73. The number of rotatable bonds is 7. The van der Waals surface area contributed by atoms with Crippen molar-refractivity contribution in [2.24, 2.45) is 7.05 Å². The second kappa shape index (κ2) is 8.64. The number of fused-ring (bicyclic) bond motifs is 1. The summed E-state index contributed by atoms with van der Waals surface area (Å²) in [6.45, 7) is 2.21. The van der Waals surface area contributed by atoms with E-state index in [1.54, 1.807) is 25.6 Å². The molecule has 0 saturated heterocycles. The fourth-order valence-corrected chi connectivity index (χ4v) is 5.83. The summed E-state index contributed by atoms with van der Waals surface area (Å²) < 4.78 is 49.8. The molecule has 38 heavy (non-hydrogen) atoms. The van der Waals surface area contributed by atoms with Gasteiger partial charge in [-0.25, -0.2) is 0 Å². The summed E-state index contributed by atoms with van der Waals surface area (Å²) >= 11 is 0. The number of hydrogen-bond donors (Lipinski definition) is 1. The molecule has 1 N–H and O–H groups in total. The van der Waals surface area contributed by atoms with Crippen LogP contribution in [0.4, 0.5) is 18.9 Å². The highest BCUT2D eigenvalue weighted by Gasteiger charge is 2.50. The van der Waals surface area contributed by atoms with Crippen molar-refractivity contribution >= 4 is 11.6 Å². The molecule has 2 fully saturated rings. The molecular weight excluding hydrogens is 495 g/mol. The Morgan fingerprint density at radius 1 is 1.18 bits per heavy atom. The number of carbonyl (C=O) groups is 1. The Morgan fingerprint density at radius 3 is 2.58 bits per heavy atom. The van der Waals surface area contributed by atoms with Gasteiger partial charge in [0.05, 0.1) is 23.6 Å². The van der Waals surface area contributed by atoms with Gasteiger partial charge in [0.15, 0.2) is 0 Å². The monoisotopic (exact) mass is 525 g/mol. The molecule has 1 aromatic heterocycles. The molecule has 0 radical (unpaired) electrons. The Bertz CT molecular complexity index is 1410. The van der Waals surface area contributed by atoms with Crippen LogP contribution < -0.4 is 10.2 Å². The molecule has 2 aromatic carbocycles. The largest absolute Gasteiger partial charge is 0.416 e.